The zero-order chi connectivity index (χ0) is 12.5. The van der Waals surface area contributed by atoms with Crippen LogP contribution in [-0.4, -0.2) is 61.5 Å². The van der Waals surface area contributed by atoms with Crippen molar-refractivity contribution >= 4 is 5.91 Å². The van der Waals surface area contributed by atoms with Gasteiger partial charge in [0.25, 0.3) is 0 Å². The minimum absolute atomic E-state index is 0.0715. The molecule has 0 bridgehead atoms. The van der Waals surface area contributed by atoms with E-state index in [0.717, 1.165) is 32.6 Å². The van der Waals surface area contributed by atoms with Crippen LogP contribution in [0.5, 0.6) is 0 Å². The lowest BCUT2D eigenvalue weighted by atomic mass is 10.2. The second-order valence-corrected chi connectivity index (χ2v) is 4.53. The van der Waals surface area contributed by atoms with Crippen LogP contribution in [0.1, 0.15) is 19.8 Å². The van der Waals surface area contributed by atoms with Crippen molar-refractivity contribution < 1.29 is 4.79 Å². The summed E-state index contributed by atoms with van der Waals surface area (Å²) in [4.78, 5) is 15.9. The molecule has 4 nitrogen and oxygen atoms in total. The van der Waals surface area contributed by atoms with Gasteiger partial charge in [0.05, 0.1) is 0 Å². The number of carbonyl (C=O) groups excluding carboxylic acids is 1. The van der Waals surface area contributed by atoms with E-state index in [0.29, 0.717) is 0 Å². The fourth-order valence-corrected chi connectivity index (χ4v) is 2.14. The molecule has 0 aromatic heterocycles. The summed E-state index contributed by atoms with van der Waals surface area (Å²) < 4.78 is 0. The van der Waals surface area contributed by atoms with Crippen LogP contribution < -0.4 is 5.32 Å². The molecule has 1 heterocycles. The summed E-state index contributed by atoms with van der Waals surface area (Å²) in [6.45, 7) is 13.4. The lowest BCUT2D eigenvalue weighted by Crippen LogP contribution is -2.47. The summed E-state index contributed by atoms with van der Waals surface area (Å²) >= 11 is 0. The van der Waals surface area contributed by atoms with Crippen molar-refractivity contribution in [3.8, 4) is 0 Å². The van der Waals surface area contributed by atoms with Gasteiger partial charge in [-0.25, -0.2) is 0 Å². The van der Waals surface area contributed by atoms with Gasteiger partial charge in [-0.05, 0) is 32.0 Å². The molecule has 1 aliphatic rings. The van der Waals surface area contributed by atoms with E-state index in [2.05, 4.69) is 28.6 Å². The third-order valence-electron chi connectivity index (χ3n) is 3.14. The normalized spacial score (nSPS) is 17.9. The van der Waals surface area contributed by atoms with Crippen molar-refractivity contribution in [3.63, 3.8) is 0 Å². The highest BCUT2D eigenvalue weighted by Gasteiger charge is 2.15. The van der Waals surface area contributed by atoms with Crippen molar-refractivity contribution in [2.75, 3.05) is 45.8 Å². The van der Waals surface area contributed by atoms with Gasteiger partial charge in [-0.1, -0.05) is 13.5 Å². The Morgan fingerprint density at radius 2 is 1.82 bits per heavy atom. The number of nitrogens with one attached hydrogen (secondary N) is 1. The second kappa shape index (κ2) is 8.25. The topological polar surface area (TPSA) is 35.6 Å². The molecule has 4 heteroatoms. The van der Waals surface area contributed by atoms with Crippen LogP contribution >= 0.6 is 0 Å². The third kappa shape index (κ3) is 5.84. The van der Waals surface area contributed by atoms with E-state index in [4.69, 9.17) is 0 Å². The van der Waals surface area contributed by atoms with Crippen LogP contribution in [0.15, 0.2) is 12.7 Å². The first-order chi connectivity index (χ1) is 8.26. The van der Waals surface area contributed by atoms with Crippen LogP contribution in [0.4, 0.5) is 0 Å². The Morgan fingerprint density at radius 1 is 1.24 bits per heavy atom. The first kappa shape index (κ1) is 14.2. The minimum Gasteiger partial charge on any atom is -0.353 e. The Morgan fingerprint density at radius 3 is 2.35 bits per heavy atom. The third-order valence-corrected chi connectivity index (χ3v) is 3.14. The fraction of sp³-hybridized carbons (Fsp3) is 0.769. The lowest BCUT2D eigenvalue weighted by Gasteiger charge is -2.34. The zero-order valence-electron chi connectivity index (χ0n) is 11.0. The number of amides is 1. The molecule has 0 aromatic carbocycles. The molecule has 98 valence electrons. The maximum Gasteiger partial charge on any atom is 0.243 e. The average molecular weight is 239 g/mol. The minimum atomic E-state index is -0.0715. The Labute approximate surface area is 105 Å². The largest absolute Gasteiger partial charge is 0.353 e. The van der Waals surface area contributed by atoms with Crippen LogP contribution in [0.25, 0.3) is 0 Å². The van der Waals surface area contributed by atoms with Gasteiger partial charge in [-0.15, -0.1) is 0 Å². The molecule has 0 radical (unpaired) electrons. The first-order valence-corrected chi connectivity index (χ1v) is 6.61. The predicted octanol–water partition coefficient (Wildman–Crippen LogP) is 0.706. The smallest absolute Gasteiger partial charge is 0.243 e. The number of carbonyl (C=O) groups is 1. The van der Waals surface area contributed by atoms with Gasteiger partial charge in [0.2, 0.25) is 5.91 Å². The molecule has 0 aromatic rings. The molecule has 0 saturated carbocycles. The first-order valence-electron chi connectivity index (χ1n) is 6.61. The standard InChI is InChI=1S/C13H25N3O/c1-3-7-15-9-11-16(12-10-15)8-5-6-14-13(17)4-2/h4H,2-3,5-12H2,1H3,(H,14,17). The Hall–Kier alpha value is -0.870. The van der Waals surface area contributed by atoms with E-state index in [1.54, 1.807) is 0 Å². The van der Waals surface area contributed by atoms with Gasteiger partial charge < -0.3 is 15.1 Å². The summed E-state index contributed by atoms with van der Waals surface area (Å²) in [6, 6.07) is 0. The quantitative estimate of drug-likeness (QED) is 0.525. The van der Waals surface area contributed by atoms with Gasteiger partial charge in [0, 0.05) is 32.7 Å². The maximum atomic E-state index is 10.9. The molecule has 17 heavy (non-hydrogen) atoms. The van der Waals surface area contributed by atoms with Crippen molar-refractivity contribution in [1.29, 1.82) is 0 Å². The molecular weight excluding hydrogens is 214 g/mol. The molecule has 0 atom stereocenters. The number of rotatable bonds is 7. The predicted molar refractivity (Wildman–Crippen MR) is 71.0 cm³/mol. The average Bonchev–Trinajstić information content (AvgIpc) is 2.36. The summed E-state index contributed by atoms with van der Waals surface area (Å²) in [5, 5.41) is 2.81. The monoisotopic (exact) mass is 239 g/mol. The molecule has 0 aliphatic carbocycles. The van der Waals surface area contributed by atoms with E-state index in [-0.39, 0.29) is 5.91 Å². The lowest BCUT2D eigenvalue weighted by molar-refractivity contribution is -0.116. The highest BCUT2D eigenvalue weighted by atomic mass is 16.1. The van der Waals surface area contributed by atoms with E-state index in [9.17, 15) is 4.79 Å². The van der Waals surface area contributed by atoms with Crippen molar-refractivity contribution in [2.45, 2.75) is 19.8 Å². The number of piperazine rings is 1. The van der Waals surface area contributed by atoms with Gasteiger partial charge in [-0.2, -0.15) is 0 Å². The van der Waals surface area contributed by atoms with Gasteiger partial charge >= 0.3 is 0 Å². The second-order valence-electron chi connectivity index (χ2n) is 4.53. The molecule has 0 spiro atoms. The van der Waals surface area contributed by atoms with Crippen molar-refractivity contribution in [3.05, 3.63) is 12.7 Å². The van der Waals surface area contributed by atoms with Crippen LogP contribution in [-0.2, 0) is 4.79 Å². The van der Waals surface area contributed by atoms with Crippen LogP contribution in [0.2, 0.25) is 0 Å². The summed E-state index contributed by atoms with van der Waals surface area (Å²) in [5.74, 6) is -0.0715. The molecule has 1 N–H and O–H groups in total. The Balaban J connectivity index is 2.02. The SMILES string of the molecule is C=CC(=O)NCCCN1CCN(CCC)CC1. The zero-order valence-corrected chi connectivity index (χ0v) is 11.0. The molecule has 1 fully saturated rings. The van der Waals surface area contributed by atoms with E-state index >= 15 is 0 Å². The fourth-order valence-electron chi connectivity index (χ4n) is 2.14. The molecule has 1 saturated heterocycles. The summed E-state index contributed by atoms with van der Waals surface area (Å²) in [7, 11) is 0. The van der Waals surface area contributed by atoms with Crippen LogP contribution in [0, 0.1) is 0 Å². The molecule has 1 amide bonds. The molecule has 1 rings (SSSR count). The number of nitrogens with zero attached hydrogens (tertiary/aromatic N) is 2. The Kier molecular flexibility index (Phi) is 6.89. The molecule has 0 unspecified atom stereocenters. The maximum absolute atomic E-state index is 10.9. The van der Waals surface area contributed by atoms with Crippen molar-refractivity contribution in [2.24, 2.45) is 0 Å². The number of hydrogen-bond acceptors (Lipinski definition) is 3. The Bertz CT molecular complexity index is 235. The summed E-state index contributed by atoms with van der Waals surface area (Å²) in [5.41, 5.74) is 0. The van der Waals surface area contributed by atoms with E-state index in [1.807, 2.05) is 0 Å². The van der Waals surface area contributed by atoms with E-state index in [1.165, 1.54) is 32.1 Å². The van der Waals surface area contributed by atoms with Crippen LogP contribution in [0.3, 0.4) is 0 Å². The summed E-state index contributed by atoms with van der Waals surface area (Å²) in [6.07, 6.45) is 3.59. The van der Waals surface area contributed by atoms with Gasteiger partial charge in [0.1, 0.15) is 0 Å². The highest BCUT2D eigenvalue weighted by Crippen LogP contribution is 2.02. The van der Waals surface area contributed by atoms with Crippen molar-refractivity contribution in [1.82, 2.24) is 15.1 Å². The molecule has 1 aliphatic heterocycles. The van der Waals surface area contributed by atoms with Gasteiger partial charge in [-0.3, -0.25) is 4.79 Å². The highest BCUT2D eigenvalue weighted by molar-refractivity contribution is 5.86. The molecular formula is C13H25N3O. The number of hydrogen-bond donors (Lipinski definition) is 1. The van der Waals surface area contributed by atoms with E-state index < -0.39 is 0 Å². The van der Waals surface area contributed by atoms with Gasteiger partial charge in [0.15, 0.2) is 0 Å².